The van der Waals surface area contributed by atoms with Gasteiger partial charge in [0.15, 0.2) is 5.54 Å². The third-order valence-electron chi connectivity index (χ3n) is 6.37. The maximum atomic E-state index is 13.4. The second-order valence-corrected chi connectivity index (χ2v) is 8.41. The molecule has 160 valence electrons. The lowest BCUT2D eigenvalue weighted by Crippen LogP contribution is -2.52. The van der Waals surface area contributed by atoms with Gasteiger partial charge in [-0.05, 0) is 60.2 Å². The number of carbonyl (C=O) groups is 3. The second-order valence-electron chi connectivity index (χ2n) is 8.41. The van der Waals surface area contributed by atoms with Crippen LogP contribution in [0.2, 0.25) is 0 Å². The van der Waals surface area contributed by atoms with Crippen LogP contribution in [0.25, 0.3) is 0 Å². The summed E-state index contributed by atoms with van der Waals surface area (Å²) >= 11 is 0. The monoisotopic (exact) mass is 423 g/mol. The van der Waals surface area contributed by atoms with E-state index in [1.54, 1.807) is 12.1 Å². The number of nitrogens with zero attached hydrogens (tertiary/aromatic N) is 1. The highest BCUT2D eigenvalue weighted by Crippen LogP contribution is 2.33. The van der Waals surface area contributed by atoms with Crippen LogP contribution >= 0.6 is 0 Å². The molecule has 2 N–H and O–H groups in total. The number of benzene rings is 2. The number of halogens is 1. The number of rotatable bonds is 6. The van der Waals surface area contributed by atoms with E-state index in [1.807, 2.05) is 6.07 Å². The lowest BCUT2D eigenvalue weighted by atomic mass is 9.86. The van der Waals surface area contributed by atoms with Crippen LogP contribution in [0.4, 0.5) is 9.18 Å². The Morgan fingerprint density at radius 2 is 1.87 bits per heavy atom. The number of carbonyl (C=O) groups excluding carboxylic acids is 3. The summed E-state index contributed by atoms with van der Waals surface area (Å²) in [5.41, 5.74) is 0.294. The number of nitrogens with one attached hydrogen (secondary N) is 2. The van der Waals surface area contributed by atoms with Crippen molar-refractivity contribution in [3.63, 3.8) is 0 Å². The molecule has 0 bridgehead atoms. The van der Waals surface area contributed by atoms with Crippen LogP contribution in [-0.4, -0.2) is 35.9 Å². The molecule has 2 fully saturated rings. The van der Waals surface area contributed by atoms with Crippen molar-refractivity contribution < 1.29 is 23.5 Å². The van der Waals surface area contributed by atoms with Crippen LogP contribution in [0.15, 0.2) is 42.5 Å². The minimum absolute atomic E-state index is 0.0675. The average Bonchev–Trinajstić information content (AvgIpc) is 3.17. The van der Waals surface area contributed by atoms with Gasteiger partial charge < -0.3 is 15.0 Å². The van der Waals surface area contributed by atoms with Crippen LogP contribution < -0.4 is 15.4 Å². The van der Waals surface area contributed by atoms with E-state index < -0.39 is 23.3 Å². The summed E-state index contributed by atoms with van der Waals surface area (Å²) in [6.07, 6.45) is 3.63. The largest absolute Gasteiger partial charge is 0.493 e. The molecule has 2 aromatic carbocycles. The van der Waals surface area contributed by atoms with Gasteiger partial charge in [-0.15, -0.1) is 0 Å². The van der Waals surface area contributed by atoms with Gasteiger partial charge in [-0.25, -0.2) is 9.18 Å². The lowest BCUT2D eigenvalue weighted by Gasteiger charge is -2.31. The van der Waals surface area contributed by atoms with E-state index in [0.717, 1.165) is 11.3 Å². The fourth-order valence-corrected chi connectivity index (χ4v) is 4.37. The predicted molar refractivity (Wildman–Crippen MR) is 109 cm³/mol. The Balaban J connectivity index is 1.38. The number of hydrogen-bond acceptors (Lipinski definition) is 4. The normalized spacial score (nSPS) is 22.7. The molecule has 2 heterocycles. The van der Waals surface area contributed by atoms with Gasteiger partial charge in [0.05, 0.1) is 13.2 Å². The Kier molecular flexibility index (Phi) is 4.64. The third-order valence-corrected chi connectivity index (χ3v) is 6.37. The summed E-state index contributed by atoms with van der Waals surface area (Å²) in [6, 6.07) is 10.1. The number of imide groups is 1. The van der Waals surface area contributed by atoms with Crippen molar-refractivity contribution in [3.05, 3.63) is 65.0 Å². The molecule has 31 heavy (non-hydrogen) atoms. The van der Waals surface area contributed by atoms with Gasteiger partial charge in [0, 0.05) is 12.1 Å². The Morgan fingerprint density at radius 3 is 2.52 bits per heavy atom. The molecule has 1 aliphatic carbocycles. The fraction of sp³-hybridized carbons (Fsp3) is 0.348. The molecule has 0 radical (unpaired) electrons. The Labute approximate surface area is 178 Å². The third kappa shape index (κ3) is 3.41. The molecule has 5 rings (SSSR count). The van der Waals surface area contributed by atoms with Gasteiger partial charge in [-0.3, -0.25) is 14.9 Å². The molecule has 1 saturated heterocycles. The van der Waals surface area contributed by atoms with Crippen LogP contribution in [0.1, 0.15) is 40.7 Å². The van der Waals surface area contributed by atoms with Crippen molar-refractivity contribution in [2.75, 3.05) is 13.2 Å². The number of amides is 4. The lowest BCUT2D eigenvalue weighted by molar-refractivity contribution is -0.124. The first-order chi connectivity index (χ1) is 14.9. The van der Waals surface area contributed by atoms with Crippen molar-refractivity contribution in [3.8, 4) is 5.75 Å². The molecular formula is C23H22FN3O4. The first-order valence-corrected chi connectivity index (χ1v) is 10.4. The van der Waals surface area contributed by atoms with Crippen LogP contribution in [0.3, 0.4) is 0 Å². The molecule has 8 heteroatoms. The van der Waals surface area contributed by atoms with Crippen LogP contribution in [0, 0.1) is 11.7 Å². The second kappa shape index (κ2) is 7.37. The van der Waals surface area contributed by atoms with Crippen molar-refractivity contribution in [2.45, 2.75) is 31.3 Å². The van der Waals surface area contributed by atoms with Crippen LogP contribution in [0.5, 0.6) is 5.75 Å². The standard InChI is InChI=1S/C23H22FN3O4/c24-17-6-4-16(5-7-17)23(21(29)25-22(30)26-23)13-27-11-15-10-18(8-9-19(15)20(27)28)31-12-14-2-1-3-14/h4-10,14H,1-3,11-13H2,(H2,25,26,29,30). The number of ether oxygens (including phenoxy) is 1. The van der Waals surface area contributed by atoms with Crippen molar-refractivity contribution in [2.24, 2.45) is 5.92 Å². The highest BCUT2D eigenvalue weighted by atomic mass is 19.1. The summed E-state index contributed by atoms with van der Waals surface area (Å²) in [5, 5.41) is 4.88. The summed E-state index contributed by atoms with van der Waals surface area (Å²) in [4.78, 5) is 39.2. The summed E-state index contributed by atoms with van der Waals surface area (Å²) in [5.74, 6) is 0.0722. The first kappa shape index (κ1) is 19.5. The zero-order valence-corrected chi connectivity index (χ0v) is 16.8. The summed E-state index contributed by atoms with van der Waals surface area (Å²) in [6.45, 7) is 0.902. The molecule has 2 aliphatic heterocycles. The van der Waals surface area contributed by atoms with Crippen LogP contribution in [-0.2, 0) is 16.9 Å². The maximum absolute atomic E-state index is 13.4. The topological polar surface area (TPSA) is 87.7 Å². The minimum Gasteiger partial charge on any atom is -0.493 e. The molecule has 4 amide bonds. The van der Waals surface area contributed by atoms with E-state index >= 15 is 0 Å². The number of urea groups is 1. The van der Waals surface area contributed by atoms with Gasteiger partial charge in [-0.1, -0.05) is 18.6 Å². The van der Waals surface area contributed by atoms with E-state index in [-0.39, 0.29) is 12.5 Å². The molecule has 2 aromatic rings. The minimum atomic E-state index is -1.48. The Hall–Kier alpha value is -3.42. The predicted octanol–water partition coefficient (Wildman–Crippen LogP) is 2.70. The smallest absolute Gasteiger partial charge is 0.322 e. The average molecular weight is 423 g/mol. The van der Waals surface area contributed by atoms with Gasteiger partial charge in [-0.2, -0.15) is 0 Å². The van der Waals surface area contributed by atoms with E-state index in [9.17, 15) is 18.8 Å². The first-order valence-electron chi connectivity index (χ1n) is 10.4. The highest BCUT2D eigenvalue weighted by Gasteiger charge is 2.50. The molecule has 7 nitrogen and oxygen atoms in total. The van der Waals surface area contributed by atoms with Gasteiger partial charge >= 0.3 is 6.03 Å². The van der Waals surface area contributed by atoms with Crippen molar-refractivity contribution in [1.29, 1.82) is 0 Å². The molecule has 0 spiro atoms. The molecule has 1 saturated carbocycles. The van der Waals surface area contributed by atoms with E-state index in [0.29, 0.717) is 30.2 Å². The van der Waals surface area contributed by atoms with Crippen molar-refractivity contribution in [1.82, 2.24) is 15.5 Å². The summed E-state index contributed by atoms with van der Waals surface area (Å²) < 4.78 is 19.3. The quantitative estimate of drug-likeness (QED) is 0.700. The zero-order valence-electron chi connectivity index (χ0n) is 16.8. The maximum Gasteiger partial charge on any atom is 0.322 e. The van der Waals surface area contributed by atoms with E-state index in [2.05, 4.69) is 10.6 Å². The summed E-state index contributed by atoms with van der Waals surface area (Å²) in [7, 11) is 0. The highest BCUT2D eigenvalue weighted by molar-refractivity contribution is 6.08. The molecule has 1 unspecified atom stereocenters. The molecule has 0 aromatic heterocycles. The molecule has 1 atom stereocenters. The fourth-order valence-electron chi connectivity index (χ4n) is 4.37. The van der Waals surface area contributed by atoms with E-state index in [4.69, 9.17) is 4.74 Å². The Bertz CT molecular complexity index is 1070. The van der Waals surface area contributed by atoms with Gasteiger partial charge in [0.25, 0.3) is 11.8 Å². The van der Waals surface area contributed by atoms with Crippen molar-refractivity contribution >= 4 is 17.8 Å². The van der Waals surface area contributed by atoms with E-state index in [1.165, 1.54) is 48.4 Å². The van der Waals surface area contributed by atoms with Gasteiger partial charge in [0.1, 0.15) is 11.6 Å². The SMILES string of the molecule is O=C1NC(=O)C(CN2Cc3cc(OCC4CCC4)ccc3C2=O)(c2ccc(F)cc2)N1. The van der Waals surface area contributed by atoms with Gasteiger partial charge in [0.2, 0.25) is 0 Å². The Morgan fingerprint density at radius 1 is 1.10 bits per heavy atom. The zero-order chi connectivity index (χ0) is 21.6. The number of fused-ring (bicyclic) bond motifs is 1. The molecular weight excluding hydrogens is 401 g/mol. The number of hydrogen-bond donors (Lipinski definition) is 2. The molecule has 3 aliphatic rings.